The molecule has 0 atom stereocenters. The van der Waals surface area contributed by atoms with Crippen molar-refractivity contribution < 1.29 is 49.5 Å². The molecule has 0 radical (unpaired) electrons. The van der Waals surface area contributed by atoms with E-state index in [0.29, 0.717) is 0 Å². The van der Waals surface area contributed by atoms with E-state index < -0.39 is 0 Å². The van der Waals surface area contributed by atoms with Gasteiger partial charge in [0.2, 0.25) is 0 Å². The molecule has 0 aromatic heterocycles. The Hall–Kier alpha value is -1.86. The summed E-state index contributed by atoms with van der Waals surface area (Å²) in [5.74, 6) is 0. The Labute approximate surface area is 349 Å². The summed E-state index contributed by atoms with van der Waals surface area (Å²) in [6, 6.07) is 21.9. The van der Waals surface area contributed by atoms with E-state index in [1.165, 1.54) is 93.4 Å². The Bertz CT molecular complexity index is 2300. The minimum absolute atomic E-state index is 0. The van der Waals surface area contributed by atoms with Crippen LogP contribution in [0.4, 0.5) is 0 Å². The summed E-state index contributed by atoms with van der Waals surface area (Å²) < 4.78 is 1.44. The van der Waals surface area contributed by atoms with Gasteiger partial charge in [-0.2, -0.15) is 0 Å². The fourth-order valence-corrected chi connectivity index (χ4v) is 9.61. The van der Waals surface area contributed by atoms with Crippen LogP contribution in [0.2, 0.25) is 10.0 Å². The third-order valence-corrected chi connectivity index (χ3v) is 11.9. The van der Waals surface area contributed by atoms with Crippen LogP contribution in [0.5, 0.6) is 0 Å². The van der Waals surface area contributed by atoms with Crippen LogP contribution in [0.15, 0.2) is 78.9 Å². The second kappa shape index (κ2) is 15.0. The molecule has 4 aromatic carbocycles. The van der Waals surface area contributed by atoms with E-state index in [2.05, 4.69) is 150 Å². The van der Waals surface area contributed by atoms with Crippen LogP contribution in [0, 0.1) is 10.4 Å². The van der Waals surface area contributed by atoms with E-state index in [0.717, 1.165) is 27.6 Å². The summed E-state index contributed by atoms with van der Waals surface area (Å²) in [6.07, 6.45) is 7.87. The molecule has 5 heteroatoms. The molecule has 0 nitrogen and oxygen atoms in total. The molecule has 0 spiro atoms. The van der Waals surface area contributed by atoms with Gasteiger partial charge in [0.25, 0.3) is 0 Å². The zero-order valence-corrected chi connectivity index (χ0v) is 38.2. The fraction of sp³-hybridized carbons (Fsp3) is 0.362. The van der Waals surface area contributed by atoms with Gasteiger partial charge in [0.1, 0.15) is 0 Å². The van der Waals surface area contributed by atoms with E-state index in [1.54, 1.807) is 0 Å². The van der Waals surface area contributed by atoms with Crippen molar-refractivity contribution in [1.29, 1.82) is 0 Å². The summed E-state index contributed by atoms with van der Waals surface area (Å²) in [5, 5.41) is 6.84. The van der Waals surface area contributed by atoms with Gasteiger partial charge in [-0.3, -0.25) is 0 Å². The Morgan fingerprint density at radius 3 is 1.48 bits per heavy atom. The fourth-order valence-electron chi connectivity index (χ4n) is 8.11. The Kier molecular flexibility index (Phi) is 12.4. The first-order chi connectivity index (χ1) is 23.1. The number of allylic oxidation sites excluding steroid dienone is 4. The molecule has 52 heavy (non-hydrogen) atoms. The topological polar surface area (TPSA) is 0 Å². The zero-order valence-electron chi connectivity index (χ0n) is 32.7. The normalized spacial score (nSPS) is 14.1. The molecular formula is C47H51Cl4Zr. The summed E-state index contributed by atoms with van der Waals surface area (Å²) in [5.41, 5.74) is 12.9. The molecule has 0 aliphatic heterocycles. The van der Waals surface area contributed by atoms with Crippen LogP contribution in [-0.4, -0.2) is 0 Å². The van der Waals surface area contributed by atoms with Gasteiger partial charge in [0.05, 0.1) is 0 Å². The standard InChI is InChI=1S/C47H51Cl2.2ClH.Zr/c1-44(2,3)36-26-31-25-35-39(28-17-13-14-18-28)42(46(7,8)9)43(47(10,11)12)41(40(35)34(31)27-37(36)45(4,5)6)38(29-19-15-21-32(48)23-29)30-20-16-22-33(49)24-30;;;/h13-17,19-24,26-27H,18H2,1-12H3;2*1H;/q;;;+2/p-2. The third kappa shape index (κ3) is 7.80. The summed E-state index contributed by atoms with van der Waals surface area (Å²) in [4.78, 5) is 0. The number of rotatable bonds is 3. The molecule has 0 saturated heterocycles. The van der Waals surface area contributed by atoms with Crippen LogP contribution < -0.4 is 35.3 Å². The van der Waals surface area contributed by atoms with Gasteiger partial charge in [-0.25, -0.2) is 0 Å². The Balaban J connectivity index is 0.00000302. The molecule has 0 fully saturated rings. The molecule has 2 aliphatic carbocycles. The number of fused-ring (bicyclic) bond motifs is 2. The maximum absolute atomic E-state index is 6.84. The van der Waals surface area contributed by atoms with Crippen LogP contribution >= 0.6 is 23.2 Å². The zero-order chi connectivity index (χ0) is 36.7. The summed E-state index contributed by atoms with van der Waals surface area (Å²) >= 11 is 15.1. The van der Waals surface area contributed by atoms with E-state index in [9.17, 15) is 0 Å². The predicted octanol–water partition coefficient (Wildman–Crippen LogP) is 6.09. The van der Waals surface area contributed by atoms with Crippen LogP contribution in [0.1, 0.15) is 134 Å². The van der Waals surface area contributed by atoms with Gasteiger partial charge < -0.3 is 24.8 Å². The maximum atomic E-state index is 6.84. The van der Waals surface area contributed by atoms with Gasteiger partial charge in [-0.15, -0.1) is 0 Å². The molecule has 0 amide bonds. The van der Waals surface area contributed by atoms with Crippen molar-refractivity contribution in [3.05, 3.63) is 154 Å². The first kappa shape index (κ1) is 42.9. The van der Waals surface area contributed by atoms with E-state index in [-0.39, 0.29) is 46.5 Å². The number of halogens is 4. The molecular weight excluding hydrogens is 798 g/mol. The quantitative estimate of drug-likeness (QED) is 0.235. The van der Waals surface area contributed by atoms with Crippen LogP contribution in [-0.2, 0) is 46.4 Å². The Morgan fingerprint density at radius 2 is 1.08 bits per heavy atom. The maximum Gasteiger partial charge on any atom is -1.00 e. The van der Waals surface area contributed by atoms with Gasteiger partial charge in [0.15, 0.2) is 0 Å². The number of benzene rings is 4. The second-order valence-electron chi connectivity index (χ2n) is 18.3. The van der Waals surface area contributed by atoms with E-state index in [1.807, 2.05) is 12.1 Å². The van der Waals surface area contributed by atoms with Gasteiger partial charge in [-0.1, -0.05) is 0 Å². The van der Waals surface area contributed by atoms with Crippen molar-refractivity contribution in [2.24, 2.45) is 0 Å². The van der Waals surface area contributed by atoms with Crippen molar-refractivity contribution in [2.45, 2.75) is 111 Å². The number of hydrogen-bond acceptors (Lipinski definition) is 0. The van der Waals surface area contributed by atoms with Crippen molar-refractivity contribution >= 4 is 37.6 Å². The van der Waals surface area contributed by atoms with Crippen molar-refractivity contribution in [2.75, 3.05) is 0 Å². The van der Waals surface area contributed by atoms with E-state index >= 15 is 0 Å². The Morgan fingerprint density at radius 1 is 0.596 bits per heavy atom. The molecule has 0 bridgehead atoms. The summed E-state index contributed by atoms with van der Waals surface area (Å²) in [6.45, 7) is 28.6. The van der Waals surface area contributed by atoms with Gasteiger partial charge >= 0.3 is 328 Å². The first-order valence-corrected chi connectivity index (χ1v) is 19.9. The average Bonchev–Trinajstić information content (AvgIpc) is 3.61. The molecule has 4 aromatic rings. The SMILES string of the molecule is CC(C)(C)c1cc2c(cc1C(C)(C)C)=c1c(c(C3=CC=CC3)c(C(C)(C)C)c(C(C)(C)C)c1=C(c1cccc(Cl)c1)c1cccc(Cl)c1)[C]=2[Zr+2].[Cl-].[Cl-]. The third-order valence-electron chi connectivity index (χ3n) is 10.1. The van der Waals surface area contributed by atoms with Crippen LogP contribution in [0.25, 0.3) is 14.4 Å². The average molecular weight is 849 g/mol. The van der Waals surface area contributed by atoms with Crippen LogP contribution in [0.3, 0.4) is 0 Å². The minimum Gasteiger partial charge on any atom is -1.00 e. The van der Waals surface area contributed by atoms with E-state index in [4.69, 9.17) is 23.2 Å². The predicted molar refractivity (Wildman–Crippen MR) is 213 cm³/mol. The van der Waals surface area contributed by atoms with Crippen molar-refractivity contribution in [3.63, 3.8) is 0 Å². The minimum atomic E-state index is -0.195. The molecule has 0 heterocycles. The summed E-state index contributed by atoms with van der Waals surface area (Å²) in [7, 11) is 0. The largest absolute Gasteiger partial charge is 1.00 e. The van der Waals surface area contributed by atoms with Gasteiger partial charge in [-0.05, 0) is 0 Å². The van der Waals surface area contributed by atoms with Crippen molar-refractivity contribution in [1.82, 2.24) is 0 Å². The number of hydrogen-bond donors (Lipinski definition) is 0. The first-order valence-electron chi connectivity index (χ1n) is 17.9. The molecule has 6 rings (SSSR count). The molecule has 271 valence electrons. The van der Waals surface area contributed by atoms with Crippen molar-refractivity contribution in [3.8, 4) is 0 Å². The second-order valence-corrected chi connectivity index (χ2v) is 20.4. The smallest absolute Gasteiger partial charge is 1.00 e. The monoisotopic (exact) mass is 845 g/mol. The molecule has 0 unspecified atom stereocenters. The molecule has 2 aliphatic rings. The molecule has 0 N–H and O–H groups in total. The van der Waals surface area contributed by atoms with Gasteiger partial charge in [0, 0.05) is 0 Å². The molecule has 0 saturated carbocycles.